The average molecular weight is 329 g/mol. The summed E-state index contributed by atoms with van der Waals surface area (Å²) in [6.45, 7) is 1.98. The highest BCUT2D eigenvalue weighted by molar-refractivity contribution is 7.91. The largest absolute Gasteiger partial charge is 0.481 e. The third-order valence-corrected chi connectivity index (χ3v) is 7.92. The third kappa shape index (κ3) is 2.62. The van der Waals surface area contributed by atoms with Crippen molar-refractivity contribution in [2.24, 2.45) is 17.8 Å². The van der Waals surface area contributed by atoms with Crippen LogP contribution < -0.4 is 4.72 Å². The van der Waals surface area contributed by atoms with Gasteiger partial charge in [0.2, 0.25) is 10.0 Å². The molecule has 1 aromatic heterocycles. The van der Waals surface area contributed by atoms with Crippen molar-refractivity contribution in [1.29, 1.82) is 0 Å². The Hall–Kier alpha value is -0.920. The minimum Gasteiger partial charge on any atom is -0.481 e. The highest BCUT2D eigenvalue weighted by Gasteiger charge is 2.52. The Labute approximate surface area is 128 Å². The molecule has 2 aliphatic carbocycles. The second kappa shape index (κ2) is 5.37. The van der Waals surface area contributed by atoms with Crippen molar-refractivity contribution < 1.29 is 18.3 Å². The van der Waals surface area contributed by atoms with Gasteiger partial charge in [-0.1, -0.05) is 6.92 Å². The van der Waals surface area contributed by atoms with E-state index in [1.807, 2.05) is 13.0 Å². The number of carboxylic acids is 1. The molecule has 2 aliphatic rings. The number of hydrogen-bond donors (Lipinski definition) is 2. The van der Waals surface area contributed by atoms with Crippen LogP contribution in [-0.4, -0.2) is 25.5 Å². The van der Waals surface area contributed by atoms with Crippen molar-refractivity contribution >= 4 is 27.3 Å². The zero-order valence-electron chi connectivity index (χ0n) is 11.8. The van der Waals surface area contributed by atoms with E-state index >= 15 is 0 Å². The maximum Gasteiger partial charge on any atom is 0.308 e. The van der Waals surface area contributed by atoms with Crippen LogP contribution in [0.5, 0.6) is 0 Å². The highest BCUT2D eigenvalue weighted by atomic mass is 32.2. The van der Waals surface area contributed by atoms with E-state index in [1.54, 1.807) is 6.07 Å². The predicted octanol–water partition coefficient (Wildman–Crippen LogP) is 2.09. The van der Waals surface area contributed by atoms with Crippen molar-refractivity contribution in [1.82, 2.24) is 4.72 Å². The fraction of sp³-hybridized carbons (Fsp3) is 0.643. The topological polar surface area (TPSA) is 83.5 Å². The maximum absolute atomic E-state index is 12.5. The van der Waals surface area contributed by atoms with E-state index in [9.17, 15) is 18.3 Å². The number of fused-ring (bicyclic) bond motifs is 2. The lowest BCUT2D eigenvalue weighted by Crippen LogP contribution is -2.46. The SMILES string of the molecule is CCc1ccc(S(=O)(=O)NC2C3CCC(C3)C2C(=O)O)s1. The minimum absolute atomic E-state index is 0.120. The number of carboxylic acid groups (broad SMARTS) is 1. The van der Waals surface area contributed by atoms with Crippen LogP contribution in [0, 0.1) is 17.8 Å². The van der Waals surface area contributed by atoms with Gasteiger partial charge < -0.3 is 5.11 Å². The zero-order chi connectivity index (χ0) is 15.2. The number of aryl methyl sites for hydroxylation is 1. The molecule has 2 bridgehead atoms. The van der Waals surface area contributed by atoms with Gasteiger partial charge in [0.05, 0.1) is 5.92 Å². The number of rotatable bonds is 5. The number of hydrogen-bond acceptors (Lipinski definition) is 4. The monoisotopic (exact) mass is 329 g/mol. The molecular weight excluding hydrogens is 310 g/mol. The first kappa shape index (κ1) is 15.0. The molecule has 1 heterocycles. The molecule has 116 valence electrons. The number of nitrogens with one attached hydrogen (secondary N) is 1. The van der Waals surface area contributed by atoms with E-state index in [-0.39, 0.29) is 16.0 Å². The van der Waals surface area contributed by atoms with Gasteiger partial charge in [0.15, 0.2) is 0 Å². The smallest absolute Gasteiger partial charge is 0.308 e. The van der Waals surface area contributed by atoms with E-state index in [0.29, 0.717) is 0 Å². The number of aliphatic carboxylic acids is 1. The number of carbonyl (C=O) groups is 1. The van der Waals surface area contributed by atoms with E-state index < -0.39 is 28.0 Å². The van der Waals surface area contributed by atoms with Gasteiger partial charge in [0.25, 0.3) is 0 Å². The molecule has 4 unspecified atom stereocenters. The Morgan fingerprint density at radius 1 is 1.38 bits per heavy atom. The quantitative estimate of drug-likeness (QED) is 0.866. The Bertz CT molecular complexity index is 652. The average Bonchev–Trinajstić information content (AvgIpc) is 3.13. The molecule has 0 aliphatic heterocycles. The Kier molecular flexibility index (Phi) is 3.83. The van der Waals surface area contributed by atoms with Gasteiger partial charge >= 0.3 is 5.97 Å². The van der Waals surface area contributed by atoms with Crippen LogP contribution in [0.4, 0.5) is 0 Å². The molecule has 0 spiro atoms. The summed E-state index contributed by atoms with van der Waals surface area (Å²) >= 11 is 1.25. The summed E-state index contributed by atoms with van der Waals surface area (Å²) in [7, 11) is -3.62. The molecule has 0 aromatic carbocycles. The Balaban J connectivity index is 1.83. The molecule has 2 N–H and O–H groups in total. The van der Waals surface area contributed by atoms with Crippen LogP contribution in [0.1, 0.15) is 31.1 Å². The van der Waals surface area contributed by atoms with E-state index in [1.165, 1.54) is 11.3 Å². The van der Waals surface area contributed by atoms with Gasteiger partial charge in [-0.05, 0) is 49.7 Å². The van der Waals surface area contributed by atoms with Crippen molar-refractivity contribution in [3.63, 3.8) is 0 Å². The second-order valence-electron chi connectivity index (χ2n) is 5.92. The predicted molar refractivity (Wildman–Crippen MR) is 79.8 cm³/mol. The van der Waals surface area contributed by atoms with Crippen LogP contribution in [0.15, 0.2) is 16.3 Å². The number of sulfonamides is 1. The molecule has 0 radical (unpaired) electrons. The van der Waals surface area contributed by atoms with Gasteiger partial charge in [-0.2, -0.15) is 0 Å². The molecule has 3 rings (SSSR count). The zero-order valence-corrected chi connectivity index (χ0v) is 13.4. The normalized spacial score (nSPS) is 31.7. The minimum atomic E-state index is -3.62. The highest BCUT2D eigenvalue weighted by Crippen LogP contribution is 2.49. The lowest BCUT2D eigenvalue weighted by molar-refractivity contribution is -0.144. The molecule has 2 fully saturated rings. The molecule has 2 saturated carbocycles. The van der Waals surface area contributed by atoms with E-state index in [4.69, 9.17) is 0 Å². The molecular formula is C14H19NO4S2. The lowest BCUT2D eigenvalue weighted by atomic mass is 9.85. The van der Waals surface area contributed by atoms with Gasteiger partial charge in [0, 0.05) is 10.9 Å². The summed E-state index contributed by atoms with van der Waals surface area (Å²) in [6, 6.07) is 2.96. The summed E-state index contributed by atoms with van der Waals surface area (Å²) in [5.74, 6) is -1.18. The van der Waals surface area contributed by atoms with Gasteiger partial charge in [-0.15, -0.1) is 11.3 Å². The molecule has 0 saturated heterocycles. The van der Waals surface area contributed by atoms with Crippen LogP contribution in [0.2, 0.25) is 0 Å². The van der Waals surface area contributed by atoms with E-state index in [0.717, 1.165) is 30.6 Å². The summed E-state index contributed by atoms with van der Waals surface area (Å²) in [4.78, 5) is 12.5. The summed E-state index contributed by atoms with van der Waals surface area (Å²) in [6.07, 6.45) is 3.45. The summed E-state index contributed by atoms with van der Waals surface area (Å²) in [5, 5.41) is 9.38. The van der Waals surface area contributed by atoms with Crippen molar-refractivity contribution in [3.8, 4) is 0 Å². The summed E-state index contributed by atoms with van der Waals surface area (Å²) in [5.41, 5.74) is 0. The Morgan fingerprint density at radius 2 is 2.10 bits per heavy atom. The third-order valence-electron chi connectivity index (χ3n) is 4.74. The first-order valence-corrected chi connectivity index (χ1v) is 9.56. The second-order valence-corrected chi connectivity index (χ2v) is 9.03. The molecule has 0 amide bonds. The van der Waals surface area contributed by atoms with Crippen LogP contribution >= 0.6 is 11.3 Å². The number of thiophene rings is 1. The molecule has 1 aromatic rings. The van der Waals surface area contributed by atoms with Gasteiger partial charge in [-0.25, -0.2) is 13.1 Å². The van der Waals surface area contributed by atoms with Crippen molar-refractivity contribution in [2.45, 2.75) is 42.9 Å². The van der Waals surface area contributed by atoms with Crippen LogP contribution in [0.25, 0.3) is 0 Å². The molecule has 4 atom stereocenters. The standard InChI is InChI=1S/C14H19NO4S2/c1-2-10-5-6-11(20-10)21(18,19)15-13-9-4-3-8(7-9)12(13)14(16)17/h5-6,8-9,12-13,15H,2-4,7H2,1H3,(H,16,17). The maximum atomic E-state index is 12.5. The first-order valence-electron chi connectivity index (χ1n) is 7.26. The molecule has 21 heavy (non-hydrogen) atoms. The first-order chi connectivity index (χ1) is 9.92. The molecule has 5 nitrogen and oxygen atoms in total. The Morgan fingerprint density at radius 3 is 2.71 bits per heavy atom. The van der Waals surface area contributed by atoms with Gasteiger partial charge in [0.1, 0.15) is 4.21 Å². The van der Waals surface area contributed by atoms with Gasteiger partial charge in [-0.3, -0.25) is 4.79 Å². The van der Waals surface area contributed by atoms with E-state index in [2.05, 4.69) is 4.72 Å². The summed E-state index contributed by atoms with van der Waals surface area (Å²) < 4.78 is 27.9. The van der Waals surface area contributed by atoms with Crippen LogP contribution in [-0.2, 0) is 21.2 Å². The fourth-order valence-corrected chi connectivity index (χ4v) is 6.39. The lowest BCUT2D eigenvalue weighted by Gasteiger charge is -2.28. The fourth-order valence-electron chi connectivity index (χ4n) is 3.75. The van der Waals surface area contributed by atoms with Crippen molar-refractivity contribution in [2.75, 3.05) is 0 Å². The van der Waals surface area contributed by atoms with Crippen LogP contribution in [0.3, 0.4) is 0 Å². The van der Waals surface area contributed by atoms with Crippen molar-refractivity contribution in [3.05, 3.63) is 17.0 Å². The molecule has 7 heteroatoms.